The van der Waals surface area contributed by atoms with Gasteiger partial charge in [0.05, 0.1) is 44.1 Å². The first kappa shape index (κ1) is 69.1. The van der Waals surface area contributed by atoms with E-state index in [-0.39, 0.29) is 27.1 Å². The number of aryl methyl sites for hydroxylation is 10. The van der Waals surface area contributed by atoms with Gasteiger partial charge in [0.25, 0.3) is 0 Å². The van der Waals surface area contributed by atoms with Crippen LogP contribution in [0.4, 0.5) is 0 Å². The van der Waals surface area contributed by atoms with Gasteiger partial charge in [-0.3, -0.25) is 19.2 Å². The number of hydrogen-bond donors (Lipinski definition) is 0. The molecular formula is C91H106N4O4. The number of para-hydroxylation sites is 2. The van der Waals surface area contributed by atoms with Gasteiger partial charge in [-0.2, -0.15) is 0 Å². The fourth-order valence-electron chi connectivity index (χ4n) is 17.6. The zero-order valence-electron chi connectivity index (χ0n) is 60.8. The largest absolute Gasteiger partial charge is 0.343 e. The van der Waals surface area contributed by atoms with Crippen LogP contribution < -0.4 is 21.7 Å². The highest BCUT2D eigenvalue weighted by Crippen LogP contribution is 2.56. The first-order valence-corrected chi connectivity index (χ1v) is 38.4. The zero-order chi connectivity index (χ0) is 68.9. The fourth-order valence-corrected chi connectivity index (χ4v) is 17.6. The van der Waals surface area contributed by atoms with Gasteiger partial charge in [0.1, 0.15) is 0 Å². The standard InChI is InChI=1S/C91H106N4O4/c1-9-11-13-15-25-35-49-91(50-36-26-16-14-12-10-2)77-55-65(39-29-23-19-17-21-27-37-63-46-48-81-72(53-63)90(99)76-60-84-73(57-85(76)94(81)7)87(96)67-41-31-34-44-80(67)93(84)6)61(3)51-70(77)71-52-62(4)66(56-78(71)91)40-30-24-20-18-22-28-38-64-45-47-69-82(54-64)95(8)86-59-74-83(58-75(86)89(69)98)92(5)79-43-33-32-42-68(79)88(74)97/h31-34,41-48,51-60H,9-30,35-40,49-50H2,1-8H3. The molecule has 8 heteroatoms. The normalized spacial score (nSPS) is 12.9. The van der Waals surface area contributed by atoms with Gasteiger partial charge in [0, 0.05) is 76.7 Å². The molecule has 0 spiro atoms. The van der Waals surface area contributed by atoms with E-state index in [1.54, 1.807) is 22.3 Å². The van der Waals surface area contributed by atoms with Crippen molar-refractivity contribution in [3.8, 4) is 11.1 Å². The van der Waals surface area contributed by atoms with Crippen molar-refractivity contribution in [2.24, 2.45) is 28.2 Å². The van der Waals surface area contributed by atoms with E-state index in [9.17, 15) is 19.2 Å². The number of nitrogens with zero attached hydrogens (tertiary/aromatic N) is 4. The lowest BCUT2D eigenvalue weighted by atomic mass is 9.69. The average molecular weight is 1320 g/mol. The third-order valence-electron chi connectivity index (χ3n) is 23.5. The number of aromatic nitrogens is 4. The van der Waals surface area contributed by atoms with Crippen molar-refractivity contribution in [1.82, 2.24) is 18.3 Å². The molecule has 0 bridgehead atoms. The van der Waals surface area contributed by atoms with Crippen LogP contribution >= 0.6 is 0 Å². The number of unbranched alkanes of at least 4 members (excludes halogenated alkanes) is 20. The van der Waals surface area contributed by atoms with E-state index in [0.29, 0.717) is 32.3 Å². The molecular weight excluding hydrogens is 1210 g/mol. The van der Waals surface area contributed by atoms with Crippen LogP contribution in [0, 0.1) is 13.8 Å². The summed E-state index contributed by atoms with van der Waals surface area (Å²) in [5.41, 5.74) is 21.6. The molecule has 4 heterocycles. The Balaban J connectivity index is 0.638. The van der Waals surface area contributed by atoms with Crippen molar-refractivity contribution in [3.05, 3.63) is 219 Å². The highest BCUT2D eigenvalue weighted by Gasteiger charge is 2.43. The summed E-state index contributed by atoms with van der Waals surface area (Å²) >= 11 is 0. The number of fused-ring (bicyclic) bond motifs is 11. The molecule has 8 nitrogen and oxygen atoms in total. The van der Waals surface area contributed by atoms with Crippen LogP contribution in [-0.4, -0.2) is 18.3 Å². The summed E-state index contributed by atoms with van der Waals surface area (Å²) in [7, 11) is 8.00. The topological polar surface area (TPSA) is 88.0 Å². The second-order valence-corrected chi connectivity index (χ2v) is 30.1. The molecule has 514 valence electrons. The number of hydrogen-bond acceptors (Lipinski definition) is 4. The molecule has 0 atom stereocenters. The van der Waals surface area contributed by atoms with Crippen molar-refractivity contribution in [2.45, 2.75) is 226 Å². The van der Waals surface area contributed by atoms with Crippen LogP contribution in [0.1, 0.15) is 225 Å². The maximum Gasteiger partial charge on any atom is 0.197 e. The van der Waals surface area contributed by atoms with Gasteiger partial charge in [-0.25, -0.2) is 0 Å². The molecule has 0 fully saturated rings. The Morgan fingerprint density at radius 1 is 0.283 bits per heavy atom. The van der Waals surface area contributed by atoms with Crippen molar-refractivity contribution in [3.63, 3.8) is 0 Å². The van der Waals surface area contributed by atoms with E-state index in [2.05, 4.69) is 91.4 Å². The Hall–Kier alpha value is -8.36. The number of rotatable bonds is 32. The third kappa shape index (κ3) is 13.8. The highest BCUT2D eigenvalue weighted by atomic mass is 16.1. The fraction of sp³-hybridized carbons (Fsp3) is 0.429. The zero-order valence-corrected chi connectivity index (χ0v) is 60.8. The van der Waals surface area contributed by atoms with Crippen molar-refractivity contribution in [2.75, 3.05) is 0 Å². The molecule has 0 unspecified atom stereocenters. The van der Waals surface area contributed by atoms with Crippen LogP contribution in [0.25, 0.3) is 98.4 Å². The van der Waals surface area contributed by atoms with Crippen LogP contribution in [-0.2, 0) is 59.3 Å². The van der Waals surface area contributed by atoms with E-state index in [1.165, 1.54) is 187 Å². The molecule has 1 aliphatic carbocycles. The van der Waals surface area contributed by atoms with Gasteiger partial charge in [-0.1, -0.05) is 203 Å². The summed E-state index contributed by atoms with van der Waals surface area (Å²) in [6.07, 6.45) is 37.0. The molecule has 1 aliphatic rings. The lowest BCUT2D eigenvalue weighted by Gasteiger charge is -2.34. The maximum atomic E-state index is 14.3. The monoisotopic (exact) mass is 1320 g/mol. The van der Waals surface area contributed by atoms with Crippen molar-refractivity contribution < 1.29 is 0 Å². The Morgan fingerprint density at radius 3 is 1.03 bits per heavy atom. The summed E-state index contributed by atoms with van der Waals surface area (Å²) in [6.45, 7) is 9.44. The minimum absolute atomic E-state index is 0.0000845. The Kier molecular flexibility index (Phi) is 21.4. The van der Waals surface area contributed by atoms with Gasteiger partial charge in [0.15, 0.2) is 21.7 Å². The molecule has 0 amide bonds. The number of benzene rings is 8. The first-order chi connectivity index (χ1) is 48.2. The van der Waals surface area contributed by atoms with Crippen molar-refractivity contribution in [1.29, 1.82) is 0 Å². The van der Waals surface area contributed by atoms with Crippen LogP contribution in [0.3, 0.4) is 0 Å². The summed E-state index contributed by atoms with van der Waals surface area (Å²) in [6, 6.07) is 46.6. The summed E-state index contributed by atoms with van der Waals surface area (Å²) in [5.74, 6) is 0. The predicted molar refractivity (Wildman–Crippen MR) is 422 cm³/mol. The predicted octanol–water partition coefficient (Wildman–Crippen LogP) is 22.3. The maximum absolute atomic E-state index is 14.3. The van der Waals surface area contributed by atoms with Gasteiger partial charge < -0.3 is 18.3 Å². The van der Waals surface area contributed by atoms with Crippen LogP contribution in [0.5, 0.6) is 0 Å². The van der Waals surface area contributed by atoms with Crippen LogP contribution in [0.15, 0.2) is 153 Å². The molecule has 13 rings (SSSR count). The minimum Gasteiger partial charge on any atom is -0.343 e. The van der Waals surface area contributed by atoms with Crippen molar-refractivity contribution >= 4 is 87.2 Å². The molecule has 0 N–H and O–H groups in total. The van der Waals surface area contributed by atoms with Gasteiger partial charge in [-0.15, -0.1) is 0 Å². The molecule has 0 saturated carbocycles. The van der Waals surface area contributed by atoms with E-state index < -0.39 is 0 Å². The summed E-state index contributed by atoms with van der Waals surface area (Å²) in [5, 5.41) is 5.41. The molecule has 0 aliphatic heterocycles. The van der Waals surface area contributed by atoms with E-state index >= 15 is 0 Å². The second-order valence-electron chi connectivity index (χ2n) is 30.1. The van der Waals surface area contributed by atoms with Crippen LogP contribution in [0.2, 0.25) is 0 Å². The summed E-state index contributed by atoms with van der Waals surface area (Å²) < 4.78 is 8.27. The smallest absolute Gasteiger partial charge is 0.197 e. The highest BCUT2D eigenvalue weighted by molar-refractivity contribution is 6.05. The Labute approximate surface area is 586 Å². The molecule has 4 aromatic heterocycles. The molecule has 0 saturated heterocycles. The third-order valence-corrected chi connectivity index (χ3v) is 23.5. The first-order valence-electron chi connectivity index (χ1n) is 38.4. The Morgan fingerprint density at radius 2 is 0.596 bits per heavy atom. The van der Waals surface area contributed by atoms with Gasteiger partial charge >= 0.3 is 0 Å². The number of pyridine rings is 4. The SMILES string of the molecule is CCCCCCCCC1(CCCCCCCC)c2cc(CCCCCCCCc3ccc4c(c3)c(=O)c3cc5c(cc3n4C)c(=O)c3ccccc3n5C)c(C)cc2-c2cc(C)c(CCCCCCCCc3ccc4c(=O)c5cc6c(cc5n(C)c4c3)c(=O)c3ccccc3n6C)cc21. The second kappa shape index (κ2) is 30.6. The van der Waals surface area contributed by atoms with E-state index in [1.807, 2.05) is 116 Å². The summed E-state index contributed by atoms with van der Waals surface area (Å²) in [4.78, 5) is 55.9. The van der Waals surface area contributed by atoms with Gasteiger partial charge in [-0.05, 0) is 206 Å². The minimum atomic E-state index is 0.0000845. The van der Waals surface area contributed by atoms with E-state index in [4.69, 9.17) is 0 Å². The van der Waals surface area contributed by atoms with Gasteiger partial charge in [0.2, 0.25) is 0 Å². The average Bonchev–Trinajstić information content (AvgIpc) is 1.71. The molecule has 12 aromatic rings. The molecule has 99 heavy (non-hydrogen) atoms. The lowest BCUT2D eigenvalue weighted by molar-refractivity contribution is 0.397. The quantitative estimate of drug-likeness (QED) is 0.0310. The molecule has 0 radical (unpaired) electrons. The van der Waals surface area contributed by atoms with E-state index in [0.717, 1.165) is 93.4 Å². The Bertz CT molecular complexity index is 5250. The molecule has 8 aromatic carbocycles. The lowest BCUT2D eigenvalue weighted by Crippen LogP contribution is -2.26.